The van der Waals surface area contributed by atoms with Gasteiger partial charge in [-0.05, 0) is 24.1 Å². The summed E-state index contributed by atoms with van der Waals surface area (Å²) in [6, 6.07) is 5.80. The minimum Gasteiger partial charge on any atom is -0.395 e. The monoisotopic (exact) mass is 198 g/mol. The molecule has 0 radical (unpaired) electrons. The fourth-order valence-corrected chi connectivity index (χ4v) is 2.05. The number of aliphatic hydroxyl groups excluding tert-OH is 1. The molecule has 2 heteroatoms. The maximum Gasteiger partial charge on any atom is 0.0523 e. The molecular formula is C11H15ClO. The summed E-state index contributed by atoms with van der Waals surface area (Å²) in [6.07, 6.45) is 0. The fraction of sp³-hybridized carbons (Fsp3) is 0.455. The Balaban J connectivity index is 3.28. The average Bonchev–Trinajstić information content (AvgIpc) is 2.03. The SMILES string of the molecule is Cc1cccc(Cl)c1C(C)(C)CO. The summed E-state index contributed by atoms with van der Waals surface area (Å²) < 4.78 is 0. The molecule has 0 heterocycles. The van der Waals surface area contributed by atoms with E-state index in [1.165, 1.54) is 0 Å². The Morgan fingerprint density at radius 1 is 1.38 bits per heavy atom. The second kappa shape index (κ2) is 3.69. The third kappa shape index (κ3) is 2.04. The Hall–Kier alpha value is -0.530. The number of aliphatic hydroxyl groups is 1. The number of rotatable bonds is 2. The van der Waals surface area contributed by atoms with Crippen molar-refractivity contribution in [1.82, 2.24) is 0 Å². The molecule has 1 nitrogen and oxygen atoms in total. The summed E-state index contributed by atoms with van der Waals surface area (Å²) in [6.45, 7) is 6.10. The van der Waals surface area contributed by atoms with Crippen LogP contribution in [0.15, 0.2) is 18.2 Å². The molecule has 0 fully saturated rings. The molecule has 1 aromatic carbocycles. The van der Waals surface area contributed by atoms with Crippen molar-refractivity contribution in [3.05, 3.63) is 34.3 Å². The molecule has 0 aliphatic rings. The predicted molar refractivity (Wildman–Crippen MR) is 56.3 cm³/mol. The highest BCUT2D eigenvalue weighted by Crippen LogP contribution is 2.31. The van der Waals surface area contributed by atoms with Crippen LogP contribution in [0.1, 0.15) is 25.0 Å². The second-order valence-electron chi connectivity index (χ2n) is 3.97. The van der Waals surface area contributed by atoms with Crippen LogP contribution in [0.5, 0.6) is 0 Å². The molecule has 0 atom stereocenters. The summed E-state index contributed by atoms with van der Waals surface area (Å²) in [4.78, 5) is 0. The van der Waals surface area contributed by atoms with Crippen LogP contribution in [-0.4, -0.2) is 11.7 Å². The van der Waals surface area contributed by atoms with Crippen LogP contribution in [0.25, 0.3) is 0 Å². The van der Waals surface area contributed by atoms with E-state index < -0.39 is 0 Å². The Bertz CT molecular complexity index is 285. The fourth-order valence-electron chi connectivity index (χ4n) is 1.57. The average molecular weight is 199 g/mol. The van der Waals surface area contributed by atoms with Crippen LogP contribution >= 0.6 is 11.6 Å². The van der Waals surface area contributed by atoms with E-state index in [4.69, 9.17) is 11.6 Å². The van der Waals surface area contributed by atoms with Gasteiger partial charge in [0.15, 0.2) is 0 Å². The third-order valence-corrected chi connectivity index (χ3v) is 2.61. The predicted octanol–water partition coefficient (Wildman–Crippen LogP) is 2.92. The van der Waals surface area contributed by atoms with Crippen molar-refractivity contribution < 1.29 is 5.11 Å². The molecule has 13 heavy (non-hydrogen) atoms. The van der Waals surface area contributed by atoms with E-state index in [1.807, 2.05) is 39.0 Å². The van der Waals surface area contributed by atoms with Crippen molar-refractivity contribution in [2.45, 2.75) is 26.2 Å². The van der Waals surface area contributed by atoms with Crippen LogP contribution in [0.3, 0.4) is 0 Å². The largest absolute Gasteiger partial charge is 0.395 e. The summed E-state index contributed by atoms with van der Waals surface area (Å²) in [5, 5.41) is 9.97. The first-order chi connectivity index (χ1) is 5.99. The van der Waals surface area contributed by atoms with Gasteiger partial charge in [0.05, 0.1) is 6.61 Å². The van der Waals surface area contributed by atoms with Crippen LogP contribution in [-0.2, 0) is 5.41 Å². The molecule has 0 aromatic heterocycles. The van der Waals surface area contributed by atoms with Gasteiger partial charge in [0.2, 0.25) is 0 Å². The molecule has 0 amide bonds. The van der Waals surface area contributed by atoms with E-state index in [9.17, 15) is 5.11 Å². The van der Waals surface area contributed by atoms with E-state index in [0.717, 1.165) is 16.1 Å². The number of benzene rings is 1. The van der Waals surface area contributed by atoms with Crippen molar-refractivity contribution in [1.29, 1.82) is 0 Å². The maximum absolute atomic E-state index is 9.24. The molecule has 0 bridgehead atoms. The van der Waals surface area contributed by atoms with Gasteiger partial charge in [-0.15, -0.1) is 0 Å². The first kappa shape index (κ1) is 10.6. The lowest BCUT2D eigenvalue weighted by Gasteiger charge is -2.25. The van der Waals surface area contributed by atoms with Gasteiger partial charge in [-0.2, -0.15) is 0 Å². The van der Waals surface area contributed by atoms with Crippen molar-refractivity contribution in [3.8, 4) is 0 Å². The van der Waals surface area contributed by atoms with Crippen LogP contribution in [0.4, 0.5) is 0 Å². The lowest BCUT2D eigenvalue weighted by Crippen LogP contribution is -2.23. The number of hydrogen-bond donors (Lipinski definition) is 1. The van der Waals surface area contributed by atoms with Gasteiger partial charge in [0, 0.05) is 10.4 Å². The Kier molecular flexibility index (Phi) is 2.99. The number of aryl methyl sites for hydroxylation is 1. The summed E-state index contributed by atoms with van der Waals surface area (Å²) in [7, 11) is 0. The highest BCUT2D eigenvalue weighted by molar-refractivity contribution is 6.31. The molecule has 0 unspecified atom stereocenters. The molecule has 0 saturated carbocycles. The van der Waals surface area contributed by atoms with Crippen molar-refractivity contribution >= 4 is 11.6 Å². The third-order valence-electron chi connectivity index (χ3n) is 2.29. The highest BCUT2D eigenvalue weighted by atomic mass is 35.5. The summed E-state index contributed by atoms with van der Waals surface area (Å²) in [5.41, 5.74) is 1.91. The highest BCUT2D eigenvalue weighted by Gasteiger charge is 2.23. The Morgan fingerprint density at radius 2 is 2.00 bits per heavy atom. The van der Waals surface area contributed by atoms with Gasteiger partial charge in [-0.1, -0.05) is 37.6 Å². The standard InChI is InChI=1S/C11H15ClO/c1-8-5-4-6-9(12)10(8)11(2,3)7-13/h4-6,13H,7H2,1-3H3. The maximum atomic E-state index is 9.24. The van der Waals surface area contributed by atoms with E-state index in [1.54, 1.807) is 0 Å². The minimum absolute atomic E-state index is 0.109. The van der Waals surface area contributed by atoms with E-state index in [-0.39, 0.29) is 12.0 Å². The first-order valence-corrected chi connectivity index (χ1v) is 4.73. The lowest BCUT2D eigenvalue weighted by atomic mass is 9.83. The van der Waals surface area contributed by atoms with Crippen LogP contribution < -0.4 is 0 Å². The number of hydrogen-bond acceptors (Lipinski definition) is 1. The normalized spacial score (nSPS) is 11.8. The molecule has 1 rings (SSSR count). The molecule has 0 saturated heterocycles. The van der Waals surface area contributed by atoms with Gasteiger partial charge < -0.3 is 5.11 Å². The van der Waals surface area contributed by atoms with E-state index >= 15 is 0 Å². The van der Waals surface area contributed by atoms with E-state index in [2.05, 4.69) is 0 Å². The topological polar surface area (TPSA) is 20.2 Å². The van der Waals surface area contributed by atoms with Crippen molar-refractivity contribution in [3.63, 3.8) is 0 Å². The lowest BCUT2D eigenvalue weighted by molar-refractivity contribution is 0.218. The molecule has 1 N–H and O–H groups in total. The quantitative estimate of drug-likeness (QED) is 0.775. The van der Waals surface area contributed by atoms with E-state index in [0.29, 0.717) is 0 Å². The molecule has 0 aliphatic heterocycles. The Labute approximate surface area is 84.4 Å². The van der Waals surface area contributed by atoms with Gasteiger partial charge in [0.25, 0.3) is 0 Å². The van der Waals surface area contributed by atoms with Crippen LogP contribution in [0, 0.1) is 6.92 Å². The first-order valence-electron chi connectivity index (χ1n) is 4.35. The molecule has 0 spiro atoms. The second-order valence-corrected chi connectivity index (χ2v) is 4.38. The van der Waals surface area contributed by atoms with Crippen LogP contribution in [0.2, 0.25) is 5.02 Å². The molecule has 72 valence electrons. The zero-order chi connectivity index (χ0) is 10.1. The Morgan fingerprint density at radius 3 is 2.46 bits per heavy atom. The molecule has 1 aromatic rings. The molecular weight excluding hydrogens is 184 g/mol. The van der Waals surface area contributed by atoms with Gasteiger partial charge in [0.1, 0.15) is 0 Å². The zero-order valence-electron chi connectivity index (χ0n) is 8.26. The van der Waals surface area contributed by atoms with Gasteiger partial charge >= 0.3 is 0 Å². The smallest absolute Gasteiger partial charge is 0.0523 e. The van der Waals surface area contributed by atoms with Gasteiger partial charge in [-0.25, -0.2) is 0 Å². The number of halogens is 1. The minimum atomic E-state index is -0.261. The van der Waals surface area contributed by atoms with Crippen molar-refractivity contribution in [2.24, 2.45) is 0 Å². The summed E-state index contributed by atoms with van der Waals surface area (Å²) >= 11 is 6.08. The van der Waals surface area contributed by atoms with Crippen molar-refractivity contribution in [2.75, 3.05) is 6.61 Å². The molecule has 0 aliphatic carbocycles. The zero-order valence-corrected chi connectivity index (χ0v) is 9.02. The van der Waals surface area contributed by atoms with Gasteiger partial charge in [-0.3, -0.25) is 0 Å². The summed E-state index contributed by atoms with van der Waals surface area (Å²) in [5.74, 6) is 0.